The lowest BCUT2D eigenvalue weighted by molar-refractivity contribution is -0.897. The molecule has 0 aliphatic rings. The quantitative estimate of drug-likeness (QED) is 0.484. The molecule has 1 aromatic heterocycles. The molecule has 5 nitrogen and oxygen atoms in total. The molecule has 2 N–H and O–H groups in total. The number of aromatic hydroxyl groups is 1. The first-order valence-corrected chi connectivity index (χ1v) is 10.9. The van der Waals surface area contributed by atoms with Crippen molar-refractivity contribution in [2.75, 3.05) is 25.4 Å². The van der Waals surface area contributed by atoms with Gasteiger partial charge in [0.2, 0.25) is 5.88 Å². The van der Waals surface area contributed by atoms with Gasteiger partial charge in [0.15, 0.2) is 5.16 Å². The number of para-hydroxylation sites is 1. The van der Waals surface area contributed by atoms with Crippen LogP contribution in [0, 0.1) is 0 Å². The van der Waals surface area contributed by atoms with Crippen molar-refractivity contribution in [3.05, 3.63) is 46.2 Å². The zero-order valence-electron chi connectivity index (χ0n) is 16.9. The van der Waals surface area contributed by atoms with Crippen molar-refractivity contribution < 1.29 is 10.0 Å². The third-order valence-corrected chi connectivity index (χ3v) is 5.49. The lowest BCUT2D eigenvalue weighted by atomic mass is 10.1. The fraction of sp³-hybridized carbons (Fsp3) is 0.524. The molecule has 148 valence electrons. The van der Waals surface area contributed by atoms with Gasteiger partial charge in [0.05, 0.1) is 36.6 Å². The van der Waals surface area contributed by atoms with Crippen molar-refractivity contribution >= 4 is 11.8 Å². The summed E-state index contributed by atoms with van der Waals surface area (Å²) in [6, 6.07) is 9.55. The molecule has 6 heteroatoms. The van der Waals surface area contributed by atoms with Gasteiger partial charge in [-0.15, -0.1) is 0 Å². The number of hydrogen-bond donors (Lipinski definition) is 2. The number of nitrogens with one attached hydrogen (secondary N) is 1. The molecule has 0 atom stereocenters. The molecular weight excluding hydrogens is 358 g/mol. The highest BCUT2D eigenvalue weighted by Gasteiger charge is 2.20. The van der Waals surface area contributed by atoms with E-state index in [1.807, 2.05) is 44.2 Å². The standard InChI is InChI=1S/C21H31N3O2S/c1-5-12-23(13-6-2)14-15-27-21-22-19(25)18(16(3)4)20(26)24(21)17-10-8-7-9-11-17/h7-11,16,25H,5-6,12-15H2,1-4H3/p+1. The monoisotopic (exact) mass is 390 g/mol. The smallest absolute Gasteiger partial charge is 0.266 e. The number of rotatable bonds is 10. The summed E-state index contributed by atoms with van der Waals surface area (Å²) in [7, 11) is 0. The van der Waals surface area contributed by atoms with E-state index in [9.17, 15) is 9.90 Å². The van der Waals surface area contributed by atoms with Gasteiger partial charge in [0.25, 0.3) is 5.56 Å². The molecule has 0 saturated heterocycles. The normalized spacial score (nSPS) is 11.5. The van der Waals surface area contributed by atoms with Crippen LogP contribution in [0.4, 0.5) is 0 Å². The Kier molecular flexibility index (Phi) is 8.38. The van der Waals surface area contributed by atoms with Gasteiger partial charge in [-0.2, -0.15) is 4.98 Å². The summed E-state index contributed by atoms with van der Waals surface area (Å²) in [4.78, 5) is 19.1. The van der Waals surface area contributed by atoms with E-state index in [1.165, 1.54) is 0 Å². The highest BCUT2D eigenvalue weighted by Crippen LogP contribution is 2.25. The van der Waals surface area contributed by atoms with Gasteiger partial charge in [-0.25, -0.2) is 0 Å². The van der Waals surface area contributed by atoms with Gasteiger partial charge in [-0.05, 0) is 30.9 Å². The van der Waals surface area contributed by atoms with Gasteiger partial charge >= 0.3 is 0 Å². The average molecular weight is 391 g/mol. The molecule has 27 heavy (non-hydrogen) atoms. The maximum atomic E-state index is 13.1. The maximum absolute atomic E-state index is 13.1. The Balaban J connectivity index is 2.34. The Bertz CT molecular complexity index is 769. The van der Waals surface area contributed by atoms with Crippen LogP contribution in [0.2, 0.25) is 0 Å². The molecule has 0 spiro atoms. The predicted molar refractivity (Wildman–Crippen MR) is 112 cm³/mol. The number of quaternary nitrogens is 1. The Hall–Kier alpha value is -1.79. The molecule has 0 unspecified atom stereocenters. The summed E-state index contributed by atoms with van der Waals surface area (Å²) in [6.07, 6.45) is 2.33. The van der Waals surface area contributed by atoms with Crippen molar-refractivity contribution in [1.29, 1.82) is 0 Å². The Labute approximate surface area is 166 Å². The van der Waals surface area contributed by atoms with Gasteiger partial charge in [0, 0.05) is 0 Å². The van der Waals surface area contributed by atoms with Gasteiger partial charge in [0.1, 0.15) is 0 Å². The molecule has 0 saturated carbocycles. The molecule has 0 fully saturated rings. The summed E-state index contributed by atoms with van der Waals surface area (Å²) in [5.74, 6) is 0.624. The molecule has 1 heterocycles. The van der Waals surface area contributed by atoms with Crippen molar-refractivity contribution in [3.8, 4) is 11.6 Å². The van der Waals surface area contributed by atoms with E-state index in [0.29, 0.717) is 10.7 Å². The lowest BCUT2D eigenvalue weighted by Gasteiger charge is -2.19. The second-order valence-corrected chi connectivity index (χ2v) is 8.17. The zero-order valence-corrected chi connectivity index (χ0v) is 17.7. The van der Waals surface area contributed by atoms with Crippen molar-refractivity contribution in [3.63, 3.8) is 0 Å². The van der Waals surface area contributed by atoms with Crippen molar-refractivity contribution in [2.24, 2.45) is 0 Å². The lowest BCUT2D eigenvalue weighted by Crippen LogP contribution is -3.12. The van der Waals surface area contributed by atoms with Crippen molar-refractivity contribution in [1.82, 2.24) is 9.55 Å². The summed E-state index contributed by atoms with van der Waals surface area (Å²) >= 11 is 1.54. The van der Waals surface area contributed by atoms with E-state index >= 15 is 0 Å². The minimum atomic E-state index is -0.183. The second-order valence-electron chi connectivity index (χ2n) is 7.11. The fourth-order valence-corrected chi connectivity index (χ4v) is 4.32. The SMILES string of the molecule is CCC[NH+](CCC)CCSc1nc(O)c(C(C)C)c(=O)n1-c1ccccc1. The van der Waals surface area contributed by atoms with E-state index in [4.69, 9.17) is 0 Å². The van der Waals surface area contributed by atoms with Crippen LogP contribution in [0.5, 0.6) is 5.88 Å². The van der Waals surface area contributed by atoms with E-state index in [0.717, 1.165) is 43.9 Å². The predicted octanol–water partition coefficient (Wildman–Crippen LogP) is 2.86. The Morgan fingerprint density at radius 3 is 2.30 bits per heavy atom. The van der Waals surface area contributed by atoms with Gasteiger partial charge < -0.3 is 10.0 Å². The molecule has 0 aliphatic carbocycles. The molecule has 0 aliphatic heterocycles. The summed E-state index contributed by atoms with van der Waals surface area (Å²) in [5.41, 5.74) is 0.968. The van der Waals surface area contributed by atoms with Gasteiger partial charge in [-0.1, -0.05) is 57.7 Å². The number of aromatic nitrogens is 2. The minimum absolute atomic E-state index is 0.0898. The highest BCUT2D eigenvalue weighted by molar-refractivity contribution is 7.99. The van der Waals surface area contributed by atoms with Gasteiger partial charge in [-0.3, -0.25) is 9.36 Å². The van der Waals surface area contributed by atoms with Crippen LogP contribution in [-0.4, -0.2) is 40.0 Å². The number of hydrogen-bond acceptors (Lipinski definition) is 4. The van der Waals surface area contributed by atoms with Crippen LogP contribution in [0.15, 0.2) is 40.3 Å². The third-order valence-electron chi connectivity index (χ3n) is 4.55. The zero-order chi connectivity index (χ0) is 19.8. The average Bonchev–Trinajstić information content (AvgIpc) is 2.62. The second kappa shape index (κ2) is 10.5. The van der Waals surface area contributed by atoms with Crippen LogP contribution >= 0.6 is 11.8 Å². The molecule has 1 aromatic carbocycles. The van der Waals surface area contributed by atoms with E-state index in [-0.39, 0.29) is 17.4 Å². The summed E-state index contributed by atoms with van der Waals surface area (Å²) in [6.45, 7) is 11.5. The Morgan fingerprint density at radius 2 is 1.74 bits per heavy atom. The number of nitrogens with zero attached hydrogens (tertiary/aromatic N) is 2. The van der Waals surface area contributed by atoms with Crippen LogP contribution in [-0.2, 0) is 0 Å². The van der Waals surface area contributed by atoms with E-state index < -0.39 is 0 Å². The molecule has 0 radical (unpaired) electrons. The first-order valence-electron chi connectivity index (χ1n) is 9.87. The van der Waals surface area contributed by atoms with E-state index in [1.54, 1.807) is 21.2 Å². The first-order chi connectivity index (χ1) is 13.0. The maximum Gasteiger partial charge on any atom is 0.266 e. The highest BCUT2D eigenvalue weighted by atomic mass is 32.2. The molecule has 0 bridgehead atoms. The summed E-state index contributed by atoms with van der Waals surface area (Å²) < 4.78 is 1.64. The van der Waals surface area contributed by atoms with Crippen LogP contribution in [0.1, 0.15) is 52.0 Å². The van der Waals surface area contributed by atoms with Crippen LogP contribution in [0.3, 0.4) is 0 Å². The molecule has 0 amide bonds. The first kappa shape index (κ1) is 21.5. The topological polar surface area (TPSA) is 59.6 Å². The van der Waals surface area contributed by atoms with Crippen LogP contribution < -0.4 is 10.5 Å². The van der Waals surface area contributed by atoms with E-state index in [2.05, 4.69) is 18.8 Å². The minimum Gasteiger partial charge on any atom is -0.493 e. The number of thioether (sulfide) groups is 1. The number of benzene rings is 1. The fourth-order valence-electron chi connectivity index (χ4n) is 3.28. The molecular formula is C21H32N3O2S+. The Morgan fingerprint density at radius 1 is 1.11 bits per heavy atom. The molecule has 2 rings (SSSR count). The summed E-state index contributed by atoms with van der Waals surface area (Å²) in [5, 5.41) is 10.9. The third kappa shape index (κ3) is 5.59. The largest absolute Gasteiger partial charge is 0.493 e. The van der Waals surface area contributed by atoms with Crippen LogP contribution in [0.25, 0.3) is 5.69 Å². The van der Waals surface area contributed by atoms with Crippen molar-refractivity contribution in [2.45, 2.75) is 51.6 Å². The molecule has 2 aromatic rings.